The molecule has 0 radical (unpaired) electrons. The second-order valence-electron chi connectivity index (χ2n) is 4.72. The van der Waals surface area contributed by atoms with Crippen LogP contribution in [0.5, 0.6) is 5.75 Å². The summed E-state index contributed by atoms with van der Waals surface area (Å²) in [5.41, 5.74) is 7.85. The maximum absolute atomic E-state index is 10.7. The zero-order valence-corrected chi connectivity index (χ0v) is 12.2. The number of para-hydroxylation sites is 2. The Morgan fingerprint density at radius 2 is 2.14 bits per heavy atom. The molecule has 1 aromatic heterocycles. The number of anilines is 1. The molecule has 0 unspecified atom stereocenters. The van der Waals surface area contributed by atoms with Crippen LogP contribution in [-0.2, 0) is 11.3 Å². The number of amides is 1. The predicted molar refractivity (Wildman–Crippen MR) is 79.1 cm³/mol. The van der Waals surface area contributed by atoms with E-state index < -0.39 is 0 Å². The lowest BCUT2D eigenvalue weighted by atomic mass is 10.2. The van der Waals surface area contributed by atoms with Gasteiger partial charge in [0, 0.05) is 12.1 Å². The van der Waals surface area contributed by atoms with Crippen LogP contribution in [0.1, 0.15) is 23.4 Å². The van der Waals surface area contributed by atoms with Crippen LogP contribution < -0.4 is 15.8 Å². The lowest BCUT2D eigenvalue weighted by Crippen LogP contribution is -2.15. The molecule has 0 atom stereocenters. The van der Waals surface area contributed by atoms with Crippen LogP contribution in [0.2, 0.25) is 0 Å². The Bertz CT molecular complexity index is 603. The second-order valence-corrected chi connectivity index (χ2v) is 4.72. The van der Waals surface area contributed by atoms with Gasteiger partial charge in [0.25, 0.3) is 0 Å². The largest absolute Gasteiger partial charge is 0.491 e. The summed E-state index contributed by atoms with van der Waals surface area (Å²) in [6.07, 6.45) is 0.193. The predicted octanol–water partition coefficient (Wildman–Crippen LogP) is 2.16. The number of aromatic nitrogens is 1. The van der Waals surface area contributed by atoms with E-state index >= 15 is 0 Å². The number of aryl methyl sites for hydroxylation is 2. The minimum Gasteiger partial charge on any atom is -0.491 e. The summed E-state index contributed by atoms with van der Waals surface area (Å²) in [7, 11) is 0. The first kappa shape index (κ1) is 14.9. The first-order valence-electron chi connectivity index (χ1n) is 6.73. The highest BCUT2D eigenvalue weighted by Crippen LogP contribution is 2.25. The van der Waals surface area contributed by atoms with E-state index in [-0.39, 0.29) is 18.9 Å². The van der Waals surface area contributed by atoms with Gasteiger partial charge in [-0.05, 0) is 26.0 Å². The molecule has 112 valence electrons. The summed E-state index contributed by atoms with van der Waals surface area (Å²) >= 11 is 0. The van der Waals surface area contributed by atoms with Crippen LogP contribution in [0, 0.1) is 13.8 Å². The highest BCUT2D eigenvalue weighted by molar-refractivity contribution is 5.73. The van der Waals surface area contributed by atoms with Gasteiger partial charge in [0.1, 0.15) is 11.5 Å². The molecule has 0 fully saturated rings. The zero-order valence-electron chi connectivity index (χ0n) is 12.2. The lowest BCUT2D eigenvalue weighted by molar-refractivity contribution is -0.118. The van der Waals surface area contributed by atoms with E-state index in [0.29, 0.717) is 12.3 Å². The van der Waals surface area contributed by atoms with Crippen LogP contribution in [0.25, 0.3) is 0 Å². The molecule has 6 nitrogen and oxygen atoms in total. The van der Waals surface area contributed by atoms with Crippen molar-refractivity contribution in [2.45, 2.75) is 26.8 Å². The van der Waals surface area contributed by atoms with Gasteiger partial charge in [-0.25, -0.2) is 0 Å². The number of hydrogen-bond acceptors (Lipinski definition) is 5. The summed E-state index contributed by atoms with van der Waals surface area (Å²) in [6, 6.07) is 7.55. The Morgan fingerprint density at radius 1 is 1.38 bits per heavy atom. The number of rotatable bonds is 7. The molecule has 0 saturated carbocycles. The molecule has 0 aliphatic heterocycles. The summed E-state index contributed by atoms with van der Waals surface area (Å²) in [4.78, 5) is 10.7. The molecule has 6 heteroatoms. The SMILES string of the molecule is Cc1noc(C)c1CNc1ccccc1OCCC(N)=O. The number of nitrogens with zero attached hydrogens (tertiary/aromatic N) is 1. The van der Waals surface area contributed by atoms with Crippen molar-refractivity contribution < 1.29 is 14.1 Å². The van der Waals surface area contributed by atoms with Gasteiger partial charge in [-0.2, -0.15) is 0 Å². The first-order chi connectivity index (χ1) is 10.1. The van der Waals surface area contributed by atoms with Crippen LogP contribution in [0.4, 0.5) is 5.69 Å². The quantitative estimate of drug-likeness (QED) is 0.815. The van der Waals surface area contributed by atoms with Gasteiger partial charge < -0.3 is 20.3 Å². The zero-order chi connectivity index (χ0) is 15.2. The van der Waals surface area contributed by atoms with Gasteiger partial charge >= 0.3 is 0 Å². The molecule has 0 spiro atoms. The average molecular weight is 289 g/mol. The summed E-state index contributed by atoms with van der Waals surface area (Å²) < 4.78 is 10.7. The van der Waals surface area contributed by atoms with Gasteiger partial charge in [-0.15, -0.1) is 0 Å². The molecule has 2 aromatic rings. The lowest BCUT2D eigenvalue weighted by Gasteiger charge is -2.12. The number of benzene rings is 1. The third-order valence-electron chi connectivity index (χ3n) is 3.13. The molecular weight excluding hydrogens is 270 g/mol. The minimum absolute atomic E-state index is 0.193. The summed E-state index contributed by atoms with van der Waals surface area (Å²) in [5.74, 6) is 1.11. The number of carbonyl (C=O) groups excluding carboxylic acids is 1. The number of nitrogens with two attached hydrogens (primary N) is 1. The van der Waals surface area contributed by atoms with Crippen molar-refractivity contribution in [2.75, 3.05) is 11.9 Å². The normalized spacial score (nSPS) is 10.4. The van der Waals surface area contributed by atoms with Gasteiger partial charge in [-0.3, -0.25) is 4.79 Å². The fourth-order valence-corrected chi connectivity index (χ4v) is 1.94. The number of nitrogens with one attached hydrogen (secondary N) is 1. The Balaban J connectivity index is 2.01. The van der Waals surface area contributed by atoms with Crippen molar-refractivity contribution in [3.05, 3.63) is 41.3 Å². The molecule has 0 aliphatic carbocycles. The standard InChI is InChI=1S/C15H19N3O3/c1-10-12(11(2)21-18-10)9-17-13-5-3-4-6-14(13)20-8-7-15(16)19/h3-6,17H,7-9H2,1-2H3,(H2,16,19). The van der Waals surface area contributed by atoms with E-state index in [1.54, 1.807) is 0 Å². The van der Waals surface area contributed by atoms with E-state index in [9.17, 15) is 4.79 Å². The molecule has 1 aromatic carbocycles. The van der Waals surface area contributed by atoms with E-state index in [4.69, 9.17) is 15.0 Å². The monoisotopic (exact) mass is 289 g/mol. The van der Waals surface area contributed by atoms with Crippen molar-refractivity contribution >= 4 is 11.6 Å². The summed E-state index contributed by atoms with van der Waals surface area (Å²) in [6.45, 7) is 4.64. The number of hydrogen-bond donors (Lipinski definition) is 2. The summed E-state index contributed by atoms with van der Waals surface area (Å²) in [5, 5.41) is 7.22. The van der Waals surface area contributed by atoms with E-state index in [1.807, 2.05) is 38.1 Å². The van der Waals surface area contributed by atoms with Crippen LogP contribution in [0.3, 0.4) is 0 Å². The van der Waals surface area contributed by atoms with Crippen molar-refractivity contribution in [3.63, 3.8) is 0 Å². The van der Waals surface area contributed by atoms with Crippen molar-refractivity contribution in [3.8, 4) is 5.75 Å². The fraction of sp³-hybridized carbons (Fsp3) is 0.333. The number of primary amides is 1. The van der Waals surface area contributed by atoms with E-state index in [1.165, 1.54) is 0 Å². The minimum atomic E-state index is -0.379. The number of ether oxygens (including phenoxy) is 1. The molecular formula is C15H19N3O3. The Hall–Kier alpha value is -2.50. The third kappa shape index (κ3) is 3.98. The topological polar surface area (TPSA) is 90.4 Å². The highest BCUT2D eigenvalue weighted by Gasteiger charge is 2.10. The molecule has 2 rings (SSSR count). The Labute approximate surface area is 123 Å². The van der Waals surface area contributed by atoms with Crippen molar-refractivity contribution in [2.24, 2.45) is 5.73 Å². The maximum atomic E-state index is 10.7. The van der Waals surface area contributed by atoms with Crippen LogP contribution in [0.15, 0.2) is 28.8 Å². The fourth-order valence-electron chi connectivity index (χ4n) is 1.94. The van der Waals surface area contributed by atoms with E-state index in [0.717, 1.165) is 22.7 Å². The van der Waals surface area contributed by atoms with Gasteiger partial charge in [0.05, 0.1) is 24.4 Å². The van der Waals surface area contributed by atoms with E-state index in [2.05, 4.69) is 10.5 Å². The molecule has 3 N–H and O–H groups in total. The Morgan fingerprint density at radius 3 is 2.81 bits per heavy atom. The molecule has 0 aliphatic rings. The second kappa shape index (κ2) is 6.78. The van der Waals surface area contributed by atoms with Crippen molar-refractivity contribution in [1.29, 1.82) is 0 Å². The maximum Gasteiger partial charge on any atom is 0.220 e. The first-order valence-corrected chi connectivity index (χ1v) is 6.73. The molecule has 0 bridgehead atoms. The highest BCUT2D eigenvalue weighted by atomic mass is 16.5. The molecule has 21 heavy (non-hydrogen) atoms. The third-order valence-corrected chi connectivity index (χ3v) is 3.13. The van der Waals surface area contributed by atoms with Crippen molar-refractivity contribution in [1.82, 2.24) is 5.16 Å². The molecule has 1 heterocycles. The smallest absolute Gasteiger partial charge is 0.220 e. The number of carbonyl (C=O) groups is 1. The van der Waals surface area contributed by atoms with Crippen LogP contribution in [-0.4, -0.2) is 17.7 Å². The Kier molecular flexibility index (Phi) is 4.81. The molecule has 0 saturated heterocycles. The van der Waals surface area contributed by atoms with Crippen LogP contribution >= 0.6 is 0 Å². The average Bonchev–Trinajstić information content (AvgIpc) is 2.77. The van der Waals surface area contributed by atoms with Gasteiger partial charge in [0.15, 0.2) is 0 Å². The molecule has 1 amide bonds. The van der Waals surface area contributed by atoms with Gasteiger partial charge in [0.2, 0.25) is 5.91 Å². The van der Waals surface area contributed by atoms with Gasteiger partial charge in [-0.1, -0.05) is 17.3 Å².